The van der Waals surface area contributed by atoms with Gasteiger partial charge in [-0.3, -0.25) is 15.0 Å². The van der Waals surface area contributed by atoms with Crippen LogP contribution >= 0.6 is 0 Å². The van der Waals surface area contributed by atoms with Crippen LogP contribution < -0.4 is 5.43 Å². The Hall–Kier alpha value is -2.10. The van der Waals surface area contributed by atoms with Gasteiger partial charge in [0.1, 0.15) is 0 Å². The molecule has 1 aromatic rings. The number of carbonyl (C=O) groups is 2. The van der Waals surface area contributed by atoms with Crippen molar-refractivity contribution in [2.24, 2.45) is 11.8 Å². The Kier molecular flexibility index (Phi) is 2.63. The first-order chi connectivity index (χ1) is 8.77. The minimum absolute atomic E-state index is 0.113. The van der Waals surface area contributed by atoms with Crippen LogP contribution in [0.5, 0.6) is 0 Å². The lowest BCUT2D eigenvalue weighted by Crippen LogP contribution is -2.36. The molecular weight excluding hydrogens is 228 g/mol. The van der Waals surface area contributed by atoms with Gasteiger partial charge in [0.2, 0.25) is 0 Å². The number of fused-ring (bicyclic) bond motifs is 1. The molecule has 0 saturated carbocycles. The van der Waals surface area contributed by atoms with Crippen LogP contribution in [0.25, 0.3) is 0 Å². The van der Waals surface area contributed by atoms with E-state index in [1.807, 2.05) is 42.5 Å². The zero-order chi connectivity index (χ0) is 12.5. The Morgan fingerprint density at radius 1 is 0.944 bits per heavy atom. The number of anilines is 1. The topological polar surface area (TPSA) is 49.4 Å². The number of para-hydroxylation sites is 1. The number of imide groups is 1. The normalized spacial score (nSPS) is 26.3. The third-order valence-corrected chi connectivity index (χ3v) is 3.52. The Balaban J connectivity index is 1.82. The predicted molar refractivity (Wildman–Crippen MR) is 67.3 cm³/mol. The Morgan fingerprint density at radius 2 is 1.50 bits per heavy atom. The molecule has 2 aliphatic rings. The van der Waals surface area contributed by atoms with Crippen LogP contribution in [-0.4, -0.2) is 16.8 Å². The number of allylic oxidation sites excluding steroid dienone is 2. The highest BCUT2D eigenvalue weighted by atomic mass is 16.2. The number of rotatable bonds is 2. The van der Waals surface area contributed by atoms with Gasteiger partial charge >= 0.3 is 0 Å². The molecule has 1 heterocycles. The lowest BCUT2D eigenvalue weighted by atomic mass is 9.85. The third-order valence-electron chi connectivity index (χ3n) is 3.52. The van der Waals surface area contributed by atoms with E-state index < -0.39 is 0 Å². The van der Waals surface area contributed by atoms with E-state index in [4.69, 9.17) is 0 Å². The zero-order valence-corrected chi connectivity index (χ0v) is 9.87. The molecule has 1 aromatic carbocycles. The van der Waals surface area contributed by atoms with Crippen molar-refractivity contribution in [1.82, 2.24) is 5.01 Å². The van der Waals surface area contributed by atoms with Gasteiger partial charge in [0.15, 0.2) is 0 Å². The standard InChI is InChI=1S/C14H14N2O2/c17-13-11-8-4-5-9-12(11)14(18)16(13)15-10-6-2-1-3-7-10/h1-7,11-12,15H,8-9H2/t11-,12-/m0/s1. The largest absolute Gasteiger partial charge is 0.289 e. The van der Waals surface area contributed by atoms with Gasteiger partial charge in [0.25, 0.3) is 11.8 Å². The number of amides is 2. The molecule has 1 aliphatic carbocycles. The molecule has 2 atom stereocenters. The van der Waals surface area contributed by atoms with Gasteiger partial charge < -0.3 is 0 Å². The number of hydrogen-bond acceptors (Lipinski definition) is 3. The molecule has 4 nitrogen and oxygen atoms in total. The van der Waals surface area contributed by atoms with Gasteiger partial charge in [-0.25, -0.2) is 0 Å². The molecule has 1 aliphatic heterocycles. The lowest BCUT2D eigenvalue weighted by Gasteiger charge is -2.16. The van der Waals surface area contributed by atoms with Crippen molar-refractivity contribution in [2.45, 2.75) is 12.8 Å². The van der Waals surface area contributed by atoms with E-state index in [9.17, 15) is 9.59 Å². The molecule has 0 bridgehead atoms. The van der Waals surface area contributed by atoms with Crippen LogP contribution in [-0.2, 0) is 9.59 Å². The second kappa shape index (κ2) is 4.29. The Morgan fingerprint density at radius 3 is 2.06 bits per heavy atom. The monoisotopic (exact) mass is 242 g/mol. The van der Waals surface area contributed by atoms with Crippen molar-refractivity contribution in [1.29, 1.82) is 0 Å². The highest BCUT2D eigenvalue weighted by Gasteiger charge is 2.47. The van der Waals surface area contributed by atoms with Crippen LogP contribution in [0.3, 0.4) is 0 Å². The van der Waals surface area contributed by atoms with Gasteiger partial charge in [-0.1, -0.05) is 30.4 Å². The van der Waals surface area contributed by atoms with E-state index in [0.717, 1.165) is 5.69 Å². The first kappa shape index (κ1) is 11.0. The number of nitrogens with one attached hydrogen (secondary N) is 1. The van der Waals surface area contributed by atoms with Gasteiger partial charge in [-0.2, -0.15) is 5.01 Å². The molecular formula is C14H14N2O2. The molecule has 0 aromatic heterocycles. The maximum absolute atomic E-state index is 12.2. The molecule has 2 amide bonds. The molecule has 0 unspecified atom stereocenters. The predicted octanol–water partition coefficient (Wildman–Crippen LogP) is 1.96. The van der Waals surface area contributed by atoms with Gasteiger partial charge in [0.05, 0.1) is 17.5 Å². The van der Waals surface area contributed by atoms with E-state index in [1.54, 1.807) is 0 Å². The van der Waals surface area contributed by atoms with Gasteiger partial charge in [-0.15, -0.1) is 0 Å². The van der Waals surface area contributed by atoms with E-state index in [0.29, 0.717) is 12.8 Å². The minimum atomic E-state index is -0.182. The number of carbonyl (C=O) groups excluding carboxylic acids is 2. The molecule has 3 rings (SSSR count). The van der Waals surface area contributed by atoms with E-state index >= 15 is 0 Å². The van der Waals surface area contributed by atoms with Gasteiger partial charge in [-0.05, 0) is 25.0 Å². The van der Waals surface area contributed by atoms with Crippen molar-refractivity contribution in [2.75, 3.05) is 5.43 Å². The molecule has 1 fully saturated rings. The maximum atomic E-state index is 12.2. The van der Waals surface area contributed by atoms with Crippen molar-refractivity contribution < 1.29 is 9.59 Å². The summed E-state index contributed by atoms with van der Waals surface area (Å²) in [4.78, 5) is 24.3. The fraction of sp³-hybridized carbons (Fsp3) is 0.286. The number of hydrazine groups is 1. The average molecular weight is 242 g/mol. The highest BCUT2D eigenvalue weighted by Crippen LogP contribution is 2.34. The van der Waals surface area contributed by atoms with Crippen molar-refractivity contribution in [3.8, 4) is 0 Å². The lowest BCUT2D eigenvalue weighted by molar-refractivity contribution is -0.138. The number of nitrogens with zero attached hydrogens (tertiary/aromatic N) is 1. The molecule has 1 N–H and O–H groups in total. The first-order valence-corrected chi connectivity index (χ1v) is 6.12. The first-order valence-electron chi connectivity index (χ1n) is 6.12. The van der Waals surface area contributed by atoms with Crippen molar-refractivity contribution in [3.63, 3.8) is 0 Å². The molecule has 92 valence electrons. The molecule has 4 heteroatoms. The summed E-state index contributed by atoms with van der Waals surface area (Å²) in [5.74, 6) is -0.589. The summed E-state index contributed by atoms with van der Waals surface area (Å²) in [7, 11) is 0. The SMILES string of the molecule is O=C1[C@H]2CC=CC[C@@H]2C(=O)N1Nc1ccccc1. The van der Waals surface area contributed by atoms with Crippen molar-refractivity contribution >= 4 is 17.5 Å². The summed E-state index contributed by atoms with van der Waals surface area (Å²) in [6.45, 7) is 0. The smallest absolute Gasteiger partial charge is 0.252 e. The molecule has 0 radical (unpaired) electrons. The number of benzene rings is 1. The molecule has 0 spiro atoms. The zero-order valence-electron chi connectivity index (χ0n) is 9.87. The van der Waals surface area contributed by atoms with Crippen molar-refractivity contribution in [3.05, 3.63) is 42.5 Å². The maximum Gasteiger partial charge on any atom is 0.252 e. The summed E-state index contributed by atoms with van der Waals surface area (Å²) in [5.41, 5.74) is 3.66. The fourth-order valence-electron chi connectivity index (χ4n) is 2.55. The minimum Gasteiger partial charge on any atom is -0.289 e. The summed E-state index contributed by atoms with van der Waals surface area (Å²) in [6, 6.07) is 9.29. The van der Waals surface area contributed by atoms with E-state index in [1.165, 1.54) is 5.01 Å². The third kappa shape index (κ3) is 1.70. The van der Waals surface area contributed by atoms with Crippen LogP contribution in [0, 0.1) is 11.8 Å². The fourth-order valence-corrected chi connectivity index (χ4v) is 2.55. The molecule has 18 heavy (non-hydrogen) atoms. The quantitative estimate of drug-likeness (QED) is 0.637. The van der Waals surface area contributed by atoms with E-state index in [2.05, 4.69) is 5.43 Å². The van der Waals surface area contributed by atoms with Crippen LogP contribution in [0.15, 0.2) is 42.5 Å². The van der Waals surface area contributed by atoms with Crippen LogP contribution in [0.4, 0.5) is 5.69 Å². The summed E-state index contributed by atoms with van der Waals surface area (Å²) in [6.07, 6.45) is 5.31. The van der Waals surface area contributed by atoms with Crippen LogP contribution in [0.1, 0.15) is 12.8 Å². The second-order valence-corrected chi connectivity index (χ2v) is 4.65. The summed E-state index contributed by atoms with van der Waals surface area (Å²) >= 11 is 0. The second-order valence-electron chi connectivity index (χ2n) is 4.65. The average Bonchev–Trinajstić information content (AvgIpc) is 2.66. The summed E-state index contributed by atoms with van der Waals surface area (Å²) < 4.78 is 0. The molecule has 1 saturated heterocycles. The van der Waals surface area contributed by atoms with Gasteiger partial charge in [0, 0.05) is 0 Å². The van der Waals surface area contributed by atoms with Crippen LogP contribution in [0.2, 0.25) is 0 Å². The summed E-state index contributed by atoms with van der Waals surface area (Å²) in [5, 5.41) is 1.18. The number of hydrogen-bond donors (Lipinski definition) is 1. The Bertz CT molecular complexity index is 484. The highest BCUT2D eigenvalue weighted by molar-refractivity contribution is 6.06. The van der Waals surface area contributed by atoms with E-state index in [-0.39, 0.29) is 23.7 Å². The Labute approximate surface area is 105 Å².